The van der Waals surface area contributed by atoms with E-state index in [1.165, 1.54) is 18.4 Å². The Bertz CT molecular complexity index is 534. The first kappa shape index (κ1) is 13.7. The molecule has 0 N–H and O–H groups in total. The van der Waals surface area contributed by atoms with E-state index in [0.717, 1.165) is 18.0 Å². The van der Waals surface area contributed by atoms with E-state index in [1.54, 1.807) is 6.92 Å². The van der Waals surface area contributed by atoms with Crippen LogP contribution >= 0.6 is 0 Å². The fourth-order valence-corrected chi connectivity index (χ4v) is 4.49. The van der Waals surface area contributed by atoms with Gasteiger partial charge in [-0.25, -0.2) is 0 Å². The number of hydrogen-bond acceptors (Lipinski definition) is 1. The lowest BCUT2D eigenvalue weighted by molar-refractivity contribution is -0.117. The zero-order valence-corrected chi connectivity index (χ0v) is 13.0. The minimum Gasteiger partial charge on any atom is -0.309 e. The van der Waals surface area contributed by atoms with Crippen molar-refractivity contribution in [3.8, 4) is 0 Å². The van der Waals surface area contributed by atoms with Crippen LogP contribution < -0.4 is 4.90 Å². The maximum absolute atomic E-state index is 12.3. The summed E-state index contributed by atoms with van der Waals surface area (Å²) in [5, 5.41) is 0. The van der Waals surface area contributed by atoms with Gasteiger partial charge in [-0.05, 0) is 41.7 Å². The highest BCUT2D eigenvalue weighted by Gasteiger charge is 2.48. The van der Waals surface area contributed by atoms with Crippen LogP contribution in [-0.2, 0) is 10.2 Å². The van der Waals surface area contributed by atoms with Gasteiger partial charge in [0.2, 0.25) is 5.91 Å². The molecule has 2 aliphatic rings. The van der Waals surface area contributed by atoms with Gasteiger partial charge in [0.15, 0.2) is 0 Å². The van der Waals surface area contributed by atoms with Gasteiger partial charge in [-0.3, -0.25) is 4.79 Å². The number of carbonyl (C=O) groups excluding carboxylic acids is 1. The van der Waals surface area contributed by atoms with Crippen molar-refractivity contribution >= 4 is 11.6 Å². The van der Waals surface area contributed by atoms with Crippen LogP contribution in [0, 0.1) is 11.8 Å². The van der Waals surface area contributed by atoms with Crippen molar-refractivity contribution in [2.75, 3.05) is 4.90 Å². The zero-order valence-electron chi connectivity index (χ0n) is 13.0. The smallest absolute Gasteiger partial charge is 0.224 e. The average molecular weight is 271 g/mol. The number of nitrogens with zero attached hydrogens (tertiary/aromatic N) is 1. The molecule has 0 saturated heterocycles. The molecular weight excluding hydrogens is 246 g/mol. The maximum Gasteiger partial charge on any atom is 0.224 e. The summed E-state index contributed by atoms with van der Waals surface area (Å²) in [5.41, 5.74) is 2.64. The van der Waals surface area contributed by atoms with Crippen LogP contribution in [0.4, 0.5) is 5.69 Å². The van der Waals surface area contributed by atoms with Crippen molar-refractivity contribution < 1.29 is 4.79 Å². The highest BCUT2D eigenvalue weighted by molar-refractivity contribution is 5.94. The van der Waals surface area contributed by atoms with E-state index < -0.39 is 0 Å². The van der Waals surface area contributed by atoms with Crippen molar-refractivity contribution in [2.24, 2.45) is 11.8 Å². The molecule has 1 amide bonds. The number of fused-ring (bicyclic) bond motifs is 2. The molecule has 3 rings (SSSR count). The summed E-state index contributed by atoms with van der Waals surface area (Å²) >= 11 is 0. The molecule has 1 saturated carbocycles. The second-order valence-corrected chi connectivity index (χ2v) is 7.22. The molecule has 20 heavy (non-hydrogen) atoms. The van der Waals surface area contributed by atoms with E-state index >= 15 is 0 Å². The molecule has 2 unspecified atom stereocenters. The summed E-state index contributed by atoms with van der Waals surface area (Å²) < 4.78 is 0. The number of rotatable bonds is 0. The summed E-state index contributed by atoms with van der Waals surface area (Å²) in [7, 11) is 0. The average Bonchev–Trinajstić information content (AvgIpc) is 2.38. The van der Waals surface area contributed by atoms with E-state index in [9.17, 15) is 4.79 Å². The largest absolute Gasteiger partial charge is 0.309 e. The fraction of sp³-hybridized carbons (Fsp3) is 0.611. The number of carbonyl (C=O) groups is 1. The molecule has 2 heteroatoms. The van der Waals surface area contributed by atoms with Crippen LogP contribution in [0.25, 0.3) is 0 Å². The molecule has 0 spiro atoms. The topological polar surface area (TPSA) is 20.3 Å². The first-order chi connectivity index (χ1) is 9.43. The normalized spacial score (nSPS) is 31.4. The molecule has 0 bridgehead atoms. The number of amides is 1. The van der Waals surface area contributed by atoms with E-state index in [4.69, 9.17) is 0 Å². The Morgan fingerprint density at radius 3 is 2.65 bits per heavy atom. The standard InChI is InChI=1S/C18H25NO/c1-12-9-10-15-17(11-12)19(13(2)20)16-8-6-5-7-14(16)18(15,3)4/h5-8,12,15,17H,9-11H2,1-4H3/t12-,15?,17?/m0/s1. The predicted octanol–water partition coefficient (Wildman–Crippen LogP) is 4.14. The SMILES string of the molecule is CC(=O)N1c2ccccc2C(C)(C)C2CC[C@H](C)CC21. The Hall–Kier alpha value is -1.31. The molecule has 1 fully saturated rings. The Morgan fingerprint density at radius 2 is 1.95 bits per heavy atom. The second kappa shape index (κ2) is 4.61. The lowest BCUT2D eigenvalue weighted by Gasteiger charge is -2.53. The number of hydrogen-bond donors (Lipinski definition) is 0. The minimum atomic E-state index is 0.160. The number of para-hydroxylation sites is 1. The van der Waals surface area contributed by atoms with Crippen LogP contribution in [-0.4, -0.2) is 11.9 Å². The number of anilines is 1. The first-order valence-corrected chi connectivity index (χ1v) is 7.82. The predicted molar refractivity (Wildman–Crippen MR) is 82.9 cm³/mol. The molecule has 1 aromatic carbocycles. The molecule has 1 heterocycles. The van der Waals surface area contributed by atoms with Crippen LogP contribution in [0.5, 0.6) is 0 Å². The fourth-order valence-electron chi connectivity index (χ4n) is 4.49. The van der Waals surface area contributed by atoms with E-state index in [-0.39, 0.29) is 11.3 Å². The van der Waals surface area contributed by atoms with Gasteiger partial charge in [-0.15, -0.1) is 0 Å². The highest BCUT2D eigenvalue weighted by atomic mass is 16.2. The first-order valence-electron chi connectivity index (χ1n) is 7.82. The van der Waals surface area contributed by atoms with Gasteiger partial charge in [-0.2, -0.15) is 0 Å². The Kier molecular flexibility index (Phi) is 3.15. The van der Waals surface area contributed by atoms with Crippen molar-refractivity contribution in [3.63, 3.8) is 0 Å². The van der Waals surface area contributed by atoms with E-state index in [0.29, 0.717) is 12.0 Å². The third-order valence-electron chi connectivity index (χ3n) is 5.53. The maximum atomic E-state index is 12.3. The van der Waals surface area contributed by atoms with Gasteiger partial charge in [0.1, 0.15) is 0 Å². The second-order valence-electron chi connectivity index (χ2n) is 7.22. The summed E-state index contributed by atoms with van der Waals surface area (Å²) in [5.74, 6) is 1.49. The van der Waals surface area contributed by atoms with Gasteiger partial charge in [-0.1, -0.05) is 45.4 Å². The molecule has 0 radical (unpaired) electrons. The summed E-state index contributed by atoms with van der Waals surface area (Å²) in [4.78, 5) is 14.3. The van der Waals surface area contributed by atoms with Gasteiger partial charge in [0, 0.05) is 18.7 Å². The van der Waals surface area contributed by atoms with Crippen LogP contribution in [0.3, 0.4) is 0 Å². The Labute approximate surface area is 122 Å². The lowest BCUT2D eigenvalue weighted by atomic mass is 9.60. The van der Waals surface area contributed by atoms with E-state index in [2.05, 4.69) is 49.9 Å². The summed E-state index contributed by atoms with van der Waals surface area (Å²) in [6.45, 7) is 8.75. The molecule has 1 aliphatic heterocycles. The Balaban J connectivity index is 2.16. The van der Waals surface area contributed by atoms with Crippen LogP contribution in [0.2, 0.25) is 0 Å². The third kappa shape index (κ3) is 1.88. The van der Waals surface area contributed by atoms with Gasteiger partial charge < -0.3 is 4.90 Å². The highest BCUT2D eigenvalue weighted by Crippen LogP contribution is 2.51. The molecular formula is C18H25NO. The third-order valence-corrected chi connectivity index (χ3v) is 5.53. The van der Waals surface area contributed by atoms with Gasteiger partial charge >= 0.3 is 0 Å². The number of benzene rings is 1. The molecule has 3 atom stereocenters. The lowest BCUT2D eigenvalue weighted by Crippen LogP contribution is -2.56. The van der Waals surface area contributed by atoms with Crippen LogP contribution in [0.1, 0.15) is 52.5 Å². The molecule has 2 nitrogen and oxygen atoms in total. The van der Waals surface area contributed by atoms with Crippen molar-refractivity contribution in [2.45, 2.75) is 58.4 Å². The van der Waals surface area contributed by atoms with Gasteiger partial charge in [0.05, 0.1) is 0 Å². The van der Waals surface area contributed by atoms with Crippen molar-refractivity contribution in [3.05, 3.63) is 29.8 Å². The molecule has 1 aromatic rings. The van der Waals surface area contributed by atoms with Gasteiger partial charge in [0.25, 0.3) is 0 Å². The summed E-state index contributed by atoms with van der Waals surface area (Å²) in [6, 6.07) is 8.86. The van der Waals surface area contributed by atoms with Crippen molar-refractivity contribution in [1.29, 1.82) is 0 Å². The molecule has 0 aromatic heterocycles. The summed E-state index contributed by atoms with van der Waals surface area (Å²) in [6.07, 6.45) is 3.66. The quantitative estimate of drug-likeness (QED) is 0.694. The zero-order chi connectivity index (χ0) is 14.5. The van der Waals surface area contributed by atoms with Crippen LogP contribution in [0.15, 0.2) is 24.3 Å². The molecule has 108 valence electrons. The monoisotopic (exact) mass is 271 g/mol. The minimum absolute atomic E-state index is 0.160. The van der Waals surface area contributed by atoms with E-state index in [1.807, 2.05) is 0 Å². The van der Waals surface area contributed by atoms with Crippen molar-refractivity contribution in [1.82, 2.24) is 0 Å². The Morgan fingerprint density at radius 1 is 1.25 bits per heavy atom. The molecule has 1 aliphatic carbocycles.